The van der Waals surface area contributed by atoms with Crippen LogP contribution in [0.3, 0.4) is 0 Å². The van der Waals surface area contributed by atoms with Crippen LogP contribution >= 0.6 is 0 Å². The van der Waals surface area contributed by atoms with Gasteiger partial charge in [-0.05, 0) is 26.2 Å². The molecule has 0 aliphatic rings. The Morgan fingerprint density at radius 1 is 0.607 bits per heavy atom. The van der Waals surface area contributed by atoms with Crippen molar-refractivity contribution in [3.8, 4) is 0 Å². The third-order valence-electron chi connectivity index (χ3n) is 5.70. The Hall–Kier alpha value is -0.130. The molecule has 0 bridgehead atoms. The molecule has 4 nitrogen and oxygen atoms in total. The van der Waals surface area contributed by atoms with E-state index in [0.29, 0.717) is 12.8 Å². The van der Waals surface area contributed by atoms with Crippen molar-refractivity contribution in [3.63, 3.8) is 0 Å². The molecule has 0 aromatic heterocycles. The van der Waals surface area contributed by atoms with Gasteiger partial charge in [-0.3, -0.25) is 4.55 Å². The predicted octanol–water partition coefficient (Wildman–Crippen LogP) is 7.06. The van der Waals surface area contributed by atoms with E-state index in [9.17, 15) is 18.1 Å². The van der Waals surface area contributed by atoms with Gasteiger partial charge in [0.15, 0.2) is 0 Å². The van der Waals surface area contributed by atoms with Crippen molar-refractivity contribution in [2.24, 2.45) is 0 Å². The van der Waals surface area contributed by atoms with E-state index in [1.54, 1.807) is 0 Å². The van der Waals surface area contributed by atoms with Gasteiger partial charge in [-0.15, -0.1) is 0 Å². The lowest BCUT2D eigenvalue weighted by molar-refractivity contribution is 0.180. The van der Waals surface area contributed by atoms with E-state index < -0.39 is 15.4 Å². The highest BCUT2D eigenvalue weighted by atomic mass is 32.2. The van der Waals surface area contributed by atoms with E-state index in [4.69, 9.17) is 0 Å². The van der Waals surface area contributed by atoms with Gasteiger partial charge in [0.25, 0.3) is 10.1 Å². The number of rotatable bonds is 21. The Bertz CT molecular complexity index is 420. The van der Waals surface area contributed by atoms with Gasteiger partial charge in [0.2, 0.25) is 0 Å². The van der Waals surface area contributed by atoms with Gasteiger partial charge in [0.1, 0.15) is 0 Å². The molecule has 0 aromatic carbocycles. The zero-order valence-electron chi connectivity index (χ0n) is 18.7. The average molecular weight is 421 g/mol. The lowest BCUT2D eigenvalue weighted by Crippen LogP contribution is -2.20. The average Bonchev–Trinajstić information content (AvgIpc) is 2.62. The van der Waals surface area contributed by atoms with Gasteiger partial charge in [0, 0.05) is 0 Å². The molecule has 0 heterocycles. The summed E-state index contributed by atoms with van der Waals surface area (Å²) < 4.78 is 32.4. The number of unbranched alkanes of at least 4 members (excludes halogenated alkanes) is 14. The van der Waals surface area contributed by atoms with Crippen LogP contribution in [0, 0.1) is 0 Å². The molecule has 0 aliphatic heterocycles. The predicted molar refractivity (Wildman–Crippen MR) is 120 cm³/mol. The molecule has 2 unspecified atom stereocenters. The van der Waals surface area contributed by atoms with Crippen LogP contribution in [-0.2, 0) is 10.1 Å². The number of aliphatic hydroxyl groups is 1. The Morgan fingerprint density at radius 2 is 0.929 bits per heavy atom. The Kier molecular flexibility index (Phi) is 18.8. The molecule has 0 saturated heterocycles. The third-order valence-corrected chi connectivity index (χ3v) is 7.01. The van der Waals surface area contributed by atoms with Crippen LogP contribution in [-0.4, -0.2) is 29.4 Å². The van der Waals surface area contributed by atoms with E-state index in [2.05, 4.69) is 6.92 Å². The largest absolute Gasteiger partial charge is 0.393 e. The van der Waals surface area contributed by atoms with Gasteiger partial charge in [0.05, 0.1) is 11.4 Å². The first kappa shape index (κ1) is 27.9. The zero-order chi connectivity index (χ0) is 21.1. The van der Waals surface area contributed by atoms with Crippen molar-refractivity contribution >= 4 is 10.1 Å². The third kappa shape index (κ3) is 19.2. The summed E-state index contributed by atoms with van der Waals surface area (Å²) in [7, 11) is -3.89. The second-order valence-corrected chi connectivity index (χ2v) is 10.4. The van der Waals surface area contributed by atoms with E-state index in [1.165, 1.54) is 57.8 Å². The normalized spacial score (nSPS) is 14.3. The van der Waals surface area contributed by atoms with Gasteiger partial charge < -0.3 is 5.11 Å². The molecular weight excluding hydrogens is 372 g/mol. The van der Waals surface area contributed by atoms with Crippen LogP contribution < -0.4 is 0 Å². The molecule has 0 radical (unpaired) electrons. The van der Waals surface area contributed by atoms with E-state index in [0.717, 1.165) is 51.4 Å². The quantitative estimate of drug-likeness (QED) is 0.154. The minimum atomic E-state index is -3.89. The van der Waals surface area contributed by atoms with Crippen molar-refractivity contribution in [2.75, 3.05) is 0 Å². The zero-order valence-corrected chi connectivity index (χ0v) is 19.5. The van der Waals surface area contributed by atoms with Crippen molar-refractivity contribution < 1.29 is 18.1 Å². The molecule has 2 atom stereocenters. The molecule has 170 valence electrons. The second kappa shape index (κ2) is 18.9. The molecule has 0 spiro atoms. The second-order valence-electron chi connectivity index (χ2n) is 8.66. The number of hydrogen-bond acceptors (Lipinski definition) is 3. The fourth-order valence-corrected chi connectivity index (χ4v) is 4.75. The molecule has 0 saturated carbocycles. The maximum Gasteiger partial charge on any atom is 0.267 e. The lowest BCUT2D eigenvalue weighted by atomic mass is 10.0. The van der Waals surface area contributed by atoms with Gasteiger partial charge >= 0.3 is 0 Å². The maximum absolute atomic E-state index is 11.5. The highest BCUT2D eigenvalue weighted by molar-refractivity contribution is 7.86. The molecule has 0 aromatic rings. The first-order valence-corrected chi connectivity index (χ1v) is 13.5. The summed E-state index contributed by atoms with van der Waals surface area (Å²) in [6, 6.07) is 0. The van der Waals surface area contributed by atoms with Crippen LogP contribution in [0.2, 0.25) is 0 Å². The van der Waals surface area contributed by atoms with E-state index in [-0.39, 0.29) is 6.10 Å². The maximum atomic E-state index is 11.5. The van der Waals surface area contributed by atoms with Crippen molar-refractivity contribution in [1.29, 1.82) is 0 Å². The molecule has 0 fully saturated rings. The molecule has 0 aliphatic carbocycles. The van der Waals surface area contributed by atoms with Crippen LogP contribution in [0.1, 0.15) is 136 Å². The summed E-state index contributed by atoms with van der Waals surface area (Å²) in [5.74, 6) is 0. The Labute approximate surface area is 175 Å². The number of hydrogen-bond donors (Lipinski definition) is 2. The van der Waals surface area contributed by atoms with Crippen molar-refractivity contribution in [3.05, 3.63) is 0 Å². The minimum absolute atomic E-state index is 0.148. The molecule has 0 amide bonds. The van der Waals surface area contributed by atoms with Gasteiger partial charge in [-0.1, -0.05) is 110 Å². The molecule has 5 heteroatoms. The van der Waals surface area contributed by atoms with Crippen molar-refractivity contribution in [2.45, 2.75) is 147 Å². The summed E-state index contributed by atoms with van der Waals surface area (Å²) in [4.78, 5) is 0. The summed E-state index contributed by atoms with van der Waals surface area (Å²) in [5.41, 5.74) is 0. The molecular formula is C23H48O4S. The number of aliphatic hydroxyl groups excluding tert-OH is 1. The smallest absolute Gasteiger partial charge is 0.267 e. The van der Waals surface area contributed by atoms with Crippen LogP contribution in [0.4, 0.5) is 0 Å². The summed E-state index contributed by atoms with van der Waals surface area (Å²) >= 11 is 0. The monoisotopic (exact) mass is 420 g/mol. The minimum Gasteiger partial charge on any atom is -0.393 e. The molecule has 2 N–H and O–H groups in total. The SMILES string of the molecule is CCCCCCC(CCCCCCCCCCCCCCC(C)O)S(=O)(=O)O. The van der Waals surface area contributed by atoms with Crippen LogP contribution in [0.25, 0.3) is 0 Å². The highest BCUT2D eigenvalue weighted by Crippen LogP contribution is 2.19. The fourth-order valence-electron chi connectivity index (χ4n) is 3.82. The lowest BCUT2D eigenvalue weighted by Gasteiger charge is -2.13. The van der Waals surface area contributed by atoms with E-state index in [1.807, 2.05) is 6.92 Å². The summed E-state index contributed by atoms with van der Waals surface area (Å²) in [5, 5.41) is 8.66. The van der Waals surface area contributed by atoms with Gasteiger partial charge in [-0.2, -0.15) is 8.42 Å². The van der Waals surface area contributed by atoms with Crippen LogP contribution in [0.15, 0.2) is 0 Å². The summed E-state index contributed by atoms with van der Waals surface area (Å²) in [6.45, 7) is 4.00. The molecule has 28 heavy (non-hydrogen) atoms. The summed E-state index contributed by atoms with van der Waals surface area (Å²) in [6.07, 6.45) is 20.9. The fraction of sp³-hybridized carbons (Fsp3) is 1.00. The Morgan fingerprint density at radius 3 is 1.25 bits per heavy atom. The Balaban J connectivity index is 3.48. The first-order valence-electron chi connectivity index (χ1n) is 12.0. The standard InChI is InChI=1S/C23H48O4S/c1-3-4-5-17-20-23(28(25,26)27)21-18-15-13-11-9-7-6-8-10-12-14-16-19-22(2)24/h22-24H,3-21H2,1-2H3,(H,25,26,27). The molecule has 0 rings (SSSR count). The highest BCUT2D eigenvalue weighted by Gasteiger charge is 2.21. The first-order chi connectivity index (χ1) is 13.4. The van der Waals surface area contributed by atoms with E-state index >= 15 is 0 Å². The topological polar surface area (TPSA) is 74.6 Å². The van der Waals surface area contributed by atoms with Crippen molar-refractivity contribution in [1.82, 2.24) is 0 Å². The van der Waals surface area contributed by atoms with Gasteiger partial charge in [-0.25, -0.2) is 0 Å². The van der Waals surface area contributed by atoms with Crippen LogP contribution in [0.5, 0.6) is 0 Å².